The van der Waals surface area contributed by atoms with Crippen LogP contribution in [0, 0.1) is 5.92 Å². The highest BCUT2D eigenvalue weighted by atomic mass is 14.9. The Hall–Kier alpha value is -0.820. The van der Waals surface area contributed by atoms with E-state index in [2.05, 4.69) is 57.3 Å². The molecule has 1 aliphatic rings. The molecule has 0 heterocycles. The quantitative estimate of drug-likeness (QED) is 0.673. The van der Waals surface area contributed by atoms with Gasteiger partial charge < -0.3 is 5.32 Å². The molecule has 118 valence electrons. The minimum absolute atomic E-state index is 0.449. The molecule has 0 aliphatic heterocycles. The molecule has 0 radical (unpaired) electrons. The van der Waals surface area contributed by atoms with Crippen LogP contribution < -0.4 is 5.32 Å². The van der Waals surface area contributed by atoms with E-state index in [1.54, 1.807) is 0 Å². The second-order valence-corrected chi connectivity index (χ2v) is 7.25. The van der Waals surface area contributed by atoms with Crippen LogP contribution in [0.4, 0.5) is 0 Å². The molecule has 1 aromatic rings. The molecule has 2 atom stereocenters. The average Bonchev–Trinajstić information content (AvgIpc) is 2.76. The number of hydrogen-bond acceptors (Lipinski definition) is 1. The molecule has 0 amide bonds. The third-order valence-electron chi connectivity index (χ3n) is 5.22. The van der Waals surface area contributed by atoms with Gasteiger partial charge in [-0.3, -0.25) is 0 Å². The highest BCUT2D eigenvalue weighted by Crippen LogP contribution is 2.27. The van der Waals surface area contributed by atoms with Crippen molar-refractivity contribution in [2.24, 2.45) is 5.92 Å². The van der Waals surface area contributed by atoms with Gasteiger partial charge in [-0.05, 0) is 49.7 Å². The summed E-state index contributed by atoms with van der Waals surface area (Å²) in [5, 5.41) is 3.84. The maximum Gasteiger partial charge on any atom is 0.0294 e. The van der Waals surface area contributed by atoms with Crippen molar-refractivity contribution in [2.45, 2.75) is 84.2 Å². The van der Waals surface area contributed by atoms with Crippen LogP contribution >= 0.6 is 0 Å². The third kappa shape index (κ3) is 4.85. The van der Waals surface area contributed by atoms with Gasteiger partial charge in [-0.1, -0.05) is 63.8 Å². The smallest absolute Gasteiger partial charge is 0.0294 e. The Bertz CT molecular complexity index is 398. The molecule has 0 aromatic heterocycles. The lowest BCUT2D eigenvalue weighted by Gasteiger charge is -2.27. The summed E-state index contributed by atoms with van der Waals surface area (Å²) in [6, 6.07) is 10.2. The zero-order valence-electron chi connectivity index (χ0n) is 14.4. The molecule has 1 unspecified atom stereocenters. The van der Waals surface area contributed by atoms with Gasteiger partial charge in [0, 0.05) is 12.1 Å². The highest BCUT2D eigenvalue weighted by Gasteiger charge is 2.20. The van der Waals surface area contributed by atoms with E-state index < -0.39 is 0 Å². The fourth-order valence-corrected chi connectivity index (χ4v) is 3.61. The Morgan fingerprint density at radius 2 is 1.33 bits per heavy atom. The van der Waals surface area contributed by atoms with E-state index in [-0.39, 0.29) is 0 Å². The second kappa shape index (κ2) is 7.98. The van der Waals surface area contributed by atoms with Crippen LogP contribution in [0.1, 0.15) is 89.3 Å². The molecular formula is C20H33N. The normalized spacial score (nSPS) is 20.2. The molecule has 21 heavy (non-hydrogen) atoms. The van der Waals surface area contributed by atoms with Crippen molar-refractivity contribution in [3.05, 3.63) is 35.4 Å². The third-order valence-corrected chi connectivity index (χ3v) is 5.22. The standard InChI is InChI=1S/C20H33N/c1-15(2)18-11-13-20(14-12-18)17(4)21-16(3)19-9-7-5-6-8-10-19/h11-17,19,21H,5-10H2,1-4H3/t16-,17?/m0/s1. The van der Waals surface area contributed by atoms with Gasteiger partial charge in [-0.15, -0.1) is 0 Å². The topological polar surface area (TPSA) is 12.0 Å². The summed E-state index contributed by atoms with van der Waals surface area (Å²) >= 11 is 0. The van der Waals surface area contributed by atoms with Crippen molar-refractivity contribution in [1.29, 1.82) is 0 Å². The van der Waals surface area contributed by atoms with Crippen molar-refractivity contribution >= 4 is 0 Å². The number of benzene rings is 1. The average molecular weight is 287 g/mol. The molecule has 1 saturated carbocycles. The first kappa shape index (κ1) is 16.5. The van der Waals surface area contributed by atoms with Crippen LogP contribution in [-0.4, -0.2) is 6.04 Å². The molecular weight excluding hydrogens is 254 g/mol. The Kier molecular flexibility index (Phi) is 6.29. The number of rotatable bonds is 5. The zero-order valence-corrected chi connectivity index (χ0v) is 14.4. The summed E-state index contributed by atoms with van der Waals surface area (Å²) in [6.07, 6.45) is 8.55. The molecule has 1 heteroatoms. The van der Waals surface area contributed by atoms with Crippen molar-refractivity contribution in [3.8, 4) is 0 Å². The lowest BCUT2D eigenvalue weighted by molar-refractivity contribution is 0.316. The minimum atomic E-state index is 0.449. The molecule has 1 nitrogen and oxygen atoms in total. The lowest BCUT2D eigenvalue weighted by Crippen LogP contribution is -2.35. The number of hydrogen-bond donors (Lipinski definition) is 1. The van der Waals surface area contributed by atoms with Crippen molar-refractivity contribution in [3.63, 3.8) is 0 Å². The summed E-state index contributed by atoms with van der Waals surface area (Å²) in [6.45, 7) is 9.20. The van der Waals surface area contributed by atoms with Crippen LogP contribution in [0.3, 0.4) is 0 Å². The lowest BCUT2D eigenvalue weighted by atomic mass is 9.92. The first-order valence-electron chi connectivity index (χ1n) is 8.94. The van der Waals surface area contributed by atoms with Crippen molar-refractivity contribution in [2.75, 3.05) is 0 Å². The largest absolute Gasteiger partial charge is 0.307 e. The summed E-state index contributed by atoms with van der Waals surface area (Å²) < 4.78 is 0. The maximum atomic E-state index is 3.84. The fourth-order valence-electron chi connectivity index (χ4n) is 3.61. The van der Waals surface area contributed by atoms with Gasteiger partial charge >= 0.3 is 0 Å². The Labute approximate surface area is 131 Å². The van der Waals surface area contributed by atoms with Crippen LogP contribution in [0.2, 0.25) is 0 Å². The van der Waals surface area contributed by atoms with Crippen molar-refractivity contribution in [1.82, 2.24) is 5.32 Å². The van der Waals surface area contributed by atoms with Gasteiger partial charge in [0.15, 0.2) is 0 Å². The van der Waals surface area contributed by atoms with Gasteiger partial charge in [0.1, 0.15) is 0 Å². The molecule has 1 N–H and O–H groups in total. The van der Waals surface area contributed by atoms with Gasteiger partial charge in [-0.2, -0.15) is 0 Å². The number of nitrogens with one attached hydrogen (secondary N) is 1. The van der Waals surface area contributed by atoms with Gasteiger partial charge in [-0.25, -0.2) is 0 Å². The molecule has 1 aliphatic carbocycles. The van der Waals surface area contributed by atoms with E-state index in [0.717, 1.165) is 5.92 Å². The van der Waals surface area contributed by atoms with Crippen molar-refractivity contribution < 1.29 is 0 Å². The van der Waals surface area contributed by atoms with E-state index in [9.17, 15) is 0 Å². The van der Waals surface area contributed by atoms with Crippen LogP contribution in [0.15, 0.2) is 24.3 Å². The summed E-state index contributed by atoms with van der Waals surface area (Å²) in [5.41, 5.74) is 2.85. The Balaban J connectivity index is 1.91. The predicted molar refractivity (Wildman–Crippen MR) is 92.7 cm³/mol. The van der Waals surface area contributed by atoms with Gasteiger partial charge in [0.2, 0.25) is 0 Å². The summed E-state index contributed by atoms with van der Waals surface area (Å²) in [7, 11) is 0. The monoisotopic (exact) mass is 287 g/mol. The van der Waals surface area contributed by atoms with E-state index in [1.807, 2.05) is 0 Å². The van der Waals surface area contributed by atoms with Crippen LogP contribution in [-0.2, 0) is 0 Å². The molecule has 0 bridgehead atoms. The zero-order chi connectivity index (χ0) is 15.2. The minimum Gasteiger partial charge on any atom is -0.307 e. The van der Waals surface area contributed by atoms with E-state index in [1.165, 1.54) is 49.7 Å². The molecule has 2 rings (SSSR count). The fraction of sp³-hybridized carbons (Fsp3) is 0.700. The van der Waals surface area contributed by atoms with E-state index >= 15 is 0 Å². The molecule has 0 saturated heterocycles. The van der Waals surface area contributed by atoms with E-state index in [4.69, 9.17) is 0 Å². The van der Waals surface area contributed by atoms with Gasteiger partial charge in [0.25, 0.3) is 0 Å². The summed E-state index contributed by atoms with van der Waals surface area (Å²) in [5.74, 6) is 1.48. The second-order valence-electron chi connectivity index (χ2n) is 7.25. The molecule has 0 spiro atoms. The Morgan fingerprint density at radius 1 is 0.810 bits per heavy atom. The van der Waals surface area contributed by atoms with Crippen LogP contribution in [0.25, 0.3) is 0 Å². The maximum absolute atomic E-state index is 3.84. The first-order valence-corrected chi connectivity index (χ1v) is 8.94. The molecule has 1 fully saturated rings. The summed E-state index contributed by atoms with van der Waals surface area (Å²) in [4.78, 5) is 0. The predicted octanol–water partition coefficient (Wildman–Crippen LogP) is 5.82. The highest BCUT2D eigenvalue weighted by molar-refractivity contribution is 5.26. The SMILES string of the molecule is CC(C)c1ccc(C(C)N[C@@H](C)C2CCCCCC2)cc1. The van der Waals surface area contributed by atoms with Crippen LogP contribution in [0.5, 0.6) is 0 Å². The molecule has 1 aromatic carbocycles. The van der Waals surface area contributed by atoms with E-state index in [0.29, 0.717) is 18.0 Å². The van der Waals surface area contributed by atoms with Gasteiger partial charge in [0.05, 0.1) is 0 Å². The Morgan fingerprint density at radius 3 is 1.86 bits per heavy atom. The first-order chi connectivity index (χ1) is 10.1.